The SMILES string of the molecule is CCn1c(CNC(=O)c2ccccc2F)n[nH]c1=S. The highest BCUT2D eigenvalue weighted by Crippen LogP contribution is 2.06. The Morgan fingerprint density at radius 3 is 2.95 bits per heavy atom. The van der Waals surface area contributed by atoms with Gasteiger partial charge in [-0.1, -0.05) is 12.1 Å². The van der Waals surface area contributed by atoms with Crippen molar-refractivity contribution in [3.8, 4) is 0 Å². The van der Waals surface area contributed by atoms with E-state index in [0.29, 0.717) is 17.1 Å². The topological polar surface area (TPSA) is 62.7 Å². The fourth-order valence-corrected chi connectivity index (χ4v) is 1.99. The predicted molar refractivity (Wildman–Crippen MR) is 70.7 cm³/mol. The Hall–Kier alpha value is -2.02. The van der Waals surface area contributed by atoms with Crippen LogP contribution in [0, 0.1) is 10.6 Å². The van der Waals surface area contributed by atoms with Crippen molar-refractivity contribution in [3.63, 3.8) is 0 Å². The molecule has 0 unspecified atom stereocenters. The Morgan fingerprint density at radius 1 is 1.53 bits per heavy atom. The number of nitrogens with one attached hydrogen (secondary N) is 2. The number of halogens is 1. The fraction of sp³-hybridized carbons (Fsp3) is 0.250. The van der Waals surface area contributed by atoms with E-state index in [1.54, 1.807) is 10.6 Å². The van der Waals surface area contributed by atoms with Gasteiger partial charge in [0.15, 0.2) is 10.6 Å². The molecule has 0 bridgehead atoms. The first kappa shape index (κ1) is 13.4. The van der Waals surface area contributed by atoms with Crippen LogP contribution in [0.4, 0.5) is 4.39 Å². The van der Waals surface area contributed by atoms with Crippen LogP contribution in [0.2, 0.25) is 0 Å². The van der Waals surface area contributed by atoms with Crippen molar-refractivity contribution in [1.82, 2.24) is 20.1 Å². The van der Waals surface area contributed by atoms with Crippen LogP contribution in [0.5, 0.6) is 0 Å². The van der Waals surface area contributed by atoms with Gasteiger partial charge in [-0.05, 0) is 31.3 Å². The summed E-state index contributed by atoms with van der Waals surface area (Å²) in [4.78, 5) is 11.8. The summed E-state index contributed by atoms with van der Waals surface area (Å²) in [6.07, 6.45) is 0. The van der Waals surface area contributed by atoms with Gasteiger partial charge in [-0.25, -0.2) is 4.39 Å². The second-order valence-corrected chi connectivity index (χ2v) is 4.24. The lowest BCUT2D eigenvalue weighted by Gasteiger charge is -2.06. The highest BCUT2D eigenvalue weighted by Gasteiger charge is 2.12. The molecule has 100 valence electrons. The summed E-state index contributed by atoms with van der Waals surface area (Å²) in [7, 11) is 0. The number of amides is 1. The molecule has 1 heterocycles. The normalized spacial score (nSPS) is 10.4. The number of benzene rings is 1. The highest BCUT2D eigenvalue weighted by atomic mass is 32.1. The van der Waals surface area contributed by atoms with Gasteiger partial charge in [-0.3, -0.25) is 9.89 Å². The molecule has 19 heavy (non-hydrogen) atoms. The van der Waals surface area contributed by atoms with E-state index in [0.717, 1.165) is 0 Å². The molecule has 7 heteroatoms. The van der Waals surface area contributed by atoms with Crippen molar-refractivity contribution >= 4 is 18.1 Å². The van der Waals surface area contributed by atoms with Gasteiger partial charge in [-0.15, -0.1) is 0 Å². The van der Waals surface area contributed by atoms with Gasteiger partial charge in [0.1, 0.15) is 5.82 Å². The molecule has 1 aromatic carbocycles. The van der Waals surface area contributed by atoms with E-state index in [9.17, 15) is 9.18 Å². The summed E-state index contributed by atoms with van der Waals surface area (Å²) in [6.45, 7) is 2.77. The number of aromatic nitrogens is 3. The highest BCUT2D eigenvalue weighted by molar-refractivity contribution is 7.71. The van der Waals surface area contributed by atoms with Crippen molar-refractivity contribution in [3.05, 3.63) is 46.2 Å². The number of H-pyrrole nitrogens is 1. The maximum Gasteiger partial charge on any atom is 0.254 e. The van der Waals surface area contributed by atoms with E-state index in [-0.39, 0.29) is 12.1 Å². The molecule has 0 atom stereocenters. The van der Waals surface area contributed by atoms with E-state index in [1.807, 2.05) is 6.92 Å². The molecule has 2 rings (SSSR count). The van der Waals surface area contributed by atoms with Gasteiger partial charge in [0.25, 0.3) is 5.91 Å². The first-order valence-electron chi connectivity index (χ1n) is 5.80. The summed E-state index contributed by atoms with van der Waals surface area (Å²) >= 11 is 5.04. The standard InChI is InChI=1S/C12H13FN4OS/c1-2-17-10(15-16-12(17)19)7-14-11(18)8-5-3-4-6-9(8)13/h3-6H,2,7H2,1H3,(H,14,18)(H,16,19). The molecule has 0 fully saturated rings. The van der Waals surface area contributed by atoms with Crippen LogP contribution >= 0.6 is 12.2 Å². The van der Waals surface area contributed by atoms with Crippen molar-refractivity contribution in [2.45, 2.75) is 20.0 Å². The van der Waals surface area contributed by atoms with Crippen LogP contribution < -0.4 is 5.32 Å². The predicted octanol–water partition coefficient (Wildman–Crippen LogP) is 2.03. The number of carbonyl (C=O) groups is 1. The van der Waals surface area contributed by atoms with Gasteiger partial charge in [0.2, 0.25) is 0 Å². The lowest BCUT2D eigenvalue weighted by molar-refractivity contribution is 0.0945. The van der Waals surface area contributed by atoms with E-state index in [1.165, 1.54) is 18.2 Å². The van der Waals surface area contributed by atoms with Crippen molar-refractivity contribution in [1.29, 1.82) is 0 Å². The molecule has 0 aliphatic carbocycles. The van der Waals surface area contributed by atoms with E-state index < -0.39 is 11.7 Å². The molecule has 0 saturated heterocycles. The third kappa shape index (κ3) is 2.87. The molecule has 2 N–H and O–H groups in total. The number of carbonyl (C=O) groups excluding carboxylic acids is 1. The maximum atomic E-state index is 13.4. The lowest BCUT2D eigenvalue weighted by atomic mass is 10.2. The third-order valence-corrected chi connectivity index (χ3v) is 2.99. The first-order valence-corrected chi connectivity index (χ1v) is 6.21. The van der Waals surface area contributed by atoms with Crippen LogP contribution in [0.25, 0.3) is 0 Å². The monoisotopic (exact) mass is 280 g/mol. The quantitative estimate of drug-likeness (QED) is 0.842. The van der Waals surface area contributed by atoms with Crippen LogP contribution in [-0.4, -0.2) is 20.7 Å². The second kappa shape index (κ2) is 5.75. The molecular weight excluding hydrogens is 267 g/mol. The zero-order valence-corrected chi connectivity index (χ0v) is 11.1. The second-order valence-electron chi connectivity index (χ2n) is 3.85. The first-order chi connectivity index (χ1) is 9.13. The van der Waals surface area contributed by atoms with Crippen LogP contribution in [-0.2, 0) is 13.1 Å². The number of rotatable bonds is 4. The summed E-state index contributed by atoms with van der Waals surface area (Å²) in [5.74, 6) is -0.416. The summed E-state index contributed by atoms with van der Waals surface area (Å²) in [6, 6.07) is 5.83. The minimum absolute atomic E-state index is 0.0136. The lowest BCUT2D eigenvalue weighted by Crippen LogP contribution is -2.25. The van der Waals surface area contributed by atoms with Gasteiger partial charge in [0, 0.05) is 6.54 Å². The van der Waals surface area contributed by atoms with E-state index in [4.69, 9.17) is 12.2 Å². The molecule has 1 amide bonds. The maximum absolute atomic E-state index is 13.4. The van der Waals surface area contributed by atoms with Crippen molar-refractivity contribution in [2.75, 3.05) is 0 Å². The van der Waals surface area contributed by atoms with E-state index in [2.05, 4.69) is 15.5 Å². The molecule has 2 aromatic rings. The molecular formula is C12H13FN4OS. The van der Waals surface area contributed by atoms with Gasteiger partial charge in [0.05, 0.1) is 12.1 Å². The minimum atomic E-state index is -0.547. The van der Waals surface area contributed by atoms with Gasteiger partial charge >= 0.3 is 0 Å². The number of hydrogen-bond donors (Lipinski definition) is 2. The van der Waals surface area contributed by atoms with Gasteiger partial charge < -0.3 is 9.88 Å². The average Bonchev–Trinajstić information content (AvgIpc) is 2.77. The van der Waals surface area contributed by atoms with E-state index >= 15 is 0 Å². The molecule has 0 aliphatic heterocycles. The number of nitrogens with zero attached hydrogens (tertiary/aromatic N) is 2. The Labute approximate surface area is 114 Å². The van der Waals surface area contributed by atoms with Crippen LogP contribution in [0.15, 0.2) is 24.3 Å². The zero-order valence-electron chi connectivity index (χ0n) is 10.3. The third-order valence-electron chi connectivity index (χ3n) is 2.68. The fourth-order valence-electron chi connectivity index (χ4n) is 1.71. The Kier molecular flexibility index (Phi) is 4.06. The zero-order chi connectivity index (χ0) is 13.8. The van der Waals surface area contributed by atoms with Crippen molar-refractivity contribution < 1.29 is 9.18 Å². The van der Waals surface area contributed by atoms with Crippen molar-refractivity contribution in [2.24, 2.45) is 0 Å². The molecule has 0 saturated carbocycles. The number of hydrogen-bond acceptors (Lipinski definition) is 3. The summed E-state index contributed by atoms with van der Waals surface area (Å²) in [5.41, 5.74) is 0.0136. The summed E-state index contributed by atoms with van der Waals surface area (Å²) in [5, 5.41) is 9.28. The molecule has 1 aromatic heterocycles. The summed E-state index contributed by atoms with van der Waals surface area (Å²) < 4.78 is 15.7. The Balaban J connectivity index is 2.09. The number of aromatic amines is 1. The Morgan fingerprint density at radius 2 is 2.26 bits per heavy atom. The molecule has 0 aliphatic rings. The molecule has 0 spiro atoms. The van der Waals surface area contributed by atoms with Gasteiger partial charge in [-0.2, -0.15) is 5.10 Å². The molecule has 5 nitrogen and oxygen atoms in total. The average molecular weight is 280 g/mol. The Bertz CT molecular complexity index is 649. The largest absolute Gasteiger partial charge is 0.345 e. The smallest absolute Gasteiger partial charge is 0.254 e. The van der Waals surface area contributed by atoms with Crippen LogP contribution in [0.1, 0.15) is 23.1 Å². The van der Waals surface area contributed by atoms with Crippen LogP contribution in [0.3, 0.4) is 0 Å². The minimum Gasteiger partial charge on any atom is -0.345 e. The molecule has 0 radical (unpaired) electrons.